The van der Waals surface area contributed by atoms with E-state index >= 15 is 0 Å². The molecule has 0 atom stereocenters. The number of hydrogen-bond acceptors (Lipinski definition) is 2. The maximum atomic E-state index is 13.1. The first-order chi connectivity index (χ1) is 16.0. The Balaban J connectivity index is 1.81. The Hall–Kier alpha value is -3.00. The molecule has 0 bridgehead atoms. The molecule has 1 N–H and O–H groups in total. The average molecular weight is 525 g/mol. The maximum absolute atomic E-state index is 13.1. The van der Waals surface area contributed by atoms with Crippen LogP contribution in [0, 0.1) is 6.92 Å². The van der Waals surface area contributed by atoms with Crippen LogP contribution in [0.1, 0.15) is 21.7 Å². The molecule has 0 aliphatic rings. The van der Waals surface area contributed by atoms with E-state index in [0.717, 1.165) is 12.1 Å². The lowest BCUT2D eigenvalue weighted by Crippen LogP contribution is -2.15. The van der Waals surface area contributed by atoms with Gasteiger partial charge < -0.3 is 5.32 Å². The zero-order valence-corrected chi connectivity index (χ0v) is 19.7. The summed E-state index contributed by atoms with van der Waals surface area (Å²) in [6.45, 7) is 1.68. The van der Waals surface area contributed by atoms with Gasteiger partial charge in [0, 0.05) is 27.0 Å². The van der Waals surface area contributed by atoms with Crippen LogP contribution in [0.25, 0.3) is 17.1 Å². The smallest absolute Gasteiger partial charge is 0.321 e. The number of benzene rings is 3. The van der Waals surface area contributed by atoms with Crippen LogP contribution < -0.4 is 5.32 Å². The highest BCUT2D eigenvalue weighted by molar-refractivity contribution is 6.36. The molecule has 174 valence electrons. The van der Waals surface area contributed by atoms with Gasteiger partial charge in [-0.25, -0.2) is 4.98 Å². The second-order valence-corrected chi connectivity index (χ2v) is 8.62. The Kier molecular flexibility index (Phi) is 6.62. The van der Waals surface area contributed by atoms with Crippen LogP contribution in [0.2, 0.25) is 15.1 Å². The van der Waals surface area contributed by atoms with Crippen molar-refractivity contribution in [3.05, 3.63) is 98.7 Å². The first-order valence-electron chi connectivity index (χ1n) is 9.84. The number of rotatable bonds is 4. The molecule has 1 amide bonds. The molecule has 0 spiro atoms. The minimum absolute atomic E-state index is 0.00802. The highest BCUT2D eigenvalue weighted by atomic mass is 35.5. The minimum atomic E-state index is -4.54. The Morgan fingerprint density at radius 2 is 1.62 bits per heavy atom. The van der Waals surface area contributed by atoms with Crippen molar-refractivity contribution in [2.24, 2.45) is 0 Å². The number of carbonyl (C=O) groups excluding carboxylic acids is 1. The third-order valence-corrected chi connectivity index (χ3v) is 5.83. The van der Waals surface area contributed by atoms with E-state index in [4.69, 9.17) is 34.8 Å². The molecular weight excluding hydrogens is 510 g/mol. The normalized spacial score (nSPS) is 11.5. The SMILES string of the molecule is Cc1c(C(=O)Nc2cccc(C(F)(F)F)c2)nc(-c2ccc(Cl)cc2Cl)n1-c1ccc(Cl)cc1. The topological polar surface area (TPSA) is 46.9 Å². The molecule has 0 radical (unpaired) electrons. The fraction of sp³-hybridized carbons (Fsp3) is 0.0833. The van der Waals surface area contributed by atoms with Crippen LogP contribution in [-0.4, -0.2) is 15.5 Å². The average Bonchev–Trinajstić information content (AvgIpc) is 3.11. The Labute approximate surface area is 207 Å². The van der Waals surface area contributed by atoms with Crippen molar-refractivity contribution in [3.8, 4) is 17.1 Å². The van der Waals surface area contributed by atoms with E-state index in [9.17, 15) is 18.0 Å². The van der Waals surface area contributed by atoms with Gasteiger partial charge in [0.15, 0.2) is 5.69 Å². The number of nitrogens with one attached hydrogen (secondary N) is 1. The lowest BCUT2D eigenvalue weighted by atomic mass is 10.2. The van der Waals surface area contributed by atoms with Gasteiger partial charge in [0.05, 0.1) is 16.3 Å². The van der Waals surface area contributed by atoms with Crippen LogP contribution in [0.4, 0.5) is 18.9 Å². The number of nitrogens with zero attached hydrogens (tertiary/aromatic N) is 2. The van der Waals surface area contributed by atoms with Crippen LogP contribution >= 0.6 is 34.8 Å². The van der Waals surface area contributed by atoms with Gasteiger partial charge in [-0.1, -0.05) is 40.9 Å². The first kappa shape index (κ1) is 24.1. The molecule has 0 saturated heterocycles. The van der Waals surface area contributed by atoms with Gasteiger partial charge in [0.2, 0.25) is 0 Å². The van der Waals surface area contributed by atoms with E-state index in [2.05, 4.69) is 10.3 Å². The lowest BCUT2D eigenvalue weighted by molar-refractivity contribution is -0.137. The van der Waals surface area contributed by atoms with E-state index < -0.39 is 17.6 Å². The molecule has 4 aromatic rings. The number of alkyl halides is 3. The molecule has 3 aromatic carbocycles. The zero-order valence-electron chi connectivity index (χ0n) is 17.4. The molecule has 4 rings (SSSR count). The van der Waals surface area contributed by atoms with E-state index in [1.54, 1.807) is 54.0 Å². The number of halogens is 6. The van der Waals surface area contributed by atoms with Crippen molar-refractivity contribution in [2.45, 2.75) is 13.1 Å². The van der Waals surface area contributed by atoms with Crippen molar-refractivity contribution >= 4 is 46.4 Å². The molecular formula is C24H15Cl3F3N3O. The van der Waals surface area contributed by atoms with Gasteiger partial charge in [-0.05, 0) is 67.6 Å². The Bertz CT molecular complexity index is 1380. The molecule has 0 saturated carbocycles. The van der Waals surface area contributed by atoms with Gasteiger partial charge >= 0.3 is 6.18 Å². The number of anilines is 1. The summed E-state index contributed by atoms with van der Waals surface area (Å²) in [6.07, 6.45) is -4.54. The third-order valence-electron chi connectivity index (χ3n) is 5.03. The summed E-state index contributed by atoms with van der Waals surface area (Å²) in [6, 6.07) is 16.1. The summed E-state index contributed by atoms with van der Waals surface area (Å²) in [4.78, 5) is 17.6. The quantitative estimate of drug-likeness (QED) is 0.293. The summed E-state index contributed by atoms with van der Waals surface area (Å²) in [5, 5.41) is 3.77. The predicted molar refractivity (Wildman–Crippen MR) is 128 cm³/mol. The number of hydrogen-bond donors (Lipinski definition) is 1. The van der Waals surface area contributed by atoms with Crippen LogP contribution in [0.3, 0.4) is 0 Å². The summed E-state index contributed by atoms with van der Waals surface area (Å²) >= 11 is 18.5. The summed E-state index contributed by atoms with van der Waals surface area (Å²) < 4.78 is 40.9. The molecule has 0 aliphatic carbocycles. The molecule has 0 unspecified atom stereocenters. The van der Waals surface area contributed by atoms with Gasteiger partial charge in [-0.3, -0.25) is 9.36 Å². The second kappa shape index (κ2) is 9.33. The maximum Gasteiger partial charge on any atom is 0.416 e. The minimum Gasteiger partial charge on any atom is -0.321 e. The van der Waals surface area contributed by atoms with Crippen molar-refractivity contribution in [1.82, 2.24) is 9.55 Å². The predicted octanol–water partition coefficient (Wildman–Crippen LogP) is 8.08. The number of aromatic nitrogens is 2. The Morgan fingerprint density at radius 1 is 0.941 bits per heavy atom. The van der Waals surface area contributed by atoms with Crippen molar-refractivity contribution in [3.63, 3.8) is 0 Å². The van der Waals surface area contributed by atoms with E-state index in [0.29, 0.717) is 37.8 Å². The highest BCUT2D eigenvalue weighted by Crippen LogP contribution is 2.34. The summed E-state index contributed by atoms with van der Waals surface area (Å²) in [5.41, 5.74) is 0.769. The van der Waals surface area contributed by atoms with Crippen molar-refractivity contribution < 1.29 is 18.0 Å². The summed E-state index contributed by atoms with van der Waals surface area (Å²) in [5.74, 6) is -0.313. The third kappa shape index (κ3) is 4.92. The van der Waals surface area contributed by atoms with Gasteiger partial charge in [0.1, 0.15) is 5.82 Å². The molecule has 1 heterocycles. The van der Waals surface area contributed by atoms with Gasteiger partial charge in [-0.2, -0.15) is 13.2 Å². The van der Waals surface area contributed by atoms with E-state index in [1.807, 2.05) is 0 Å². The summed E-state index contributed by atoms with van der Waals surface area (Å²) in [7, 11) is 0. The first-order valence-corrected chi connectivity index (χ1v) is 11.0. The molecule has 0 aliphatic heterocycles. The number of amides is 1. The molecule has 0 fully saturated rings. The number of imidazole rings is 1. The highest BCUT2D eigenvalue weighted by Gasteiger charge is 2.31. The number of carbonyl (C=O) groups is 1. The van der Waals surface area contributed by atoms with Crippen LogP contribution in [0.15, 0.2) is 66.7 Å². The Morgan fingerprint density at radius 3 is 2.26 bits per heavy atom. The standard InChI is InChI=1S/C24H15Cl3F3N3O/c1-13-21(23(34)31-17-4-2-3-14(11-17)24(28,29)30)32-22(19-10-7-16(26)12-20(19)27)33(13)18-8-5-15(25)6-9-18/h2-12H,1H3,(H,31,34). The van der Waals surface area contributed by atoms with E-state index in [-0.39, 0.29) is 11.4 Å². The molecule has 1 aromatic heterocycles. The van der Waals surface area contributed by atoms with Crippen LogP contribution in [-0.2, 0) is 6.18 Å². The van der Waals surface area contributed by atoms with Gasteiger partial charge in [-0.15, -0.1) is 0 Å². The van der Waals surface area contributed by atoms with Crippen molar-refractivity contribution in [1.29, 1.82) is 0 Å². The molecule has 10 heteroatoms. The monoisotopic (exact) mass is 523 g/mol. The largest absolute Gasteiger partial charge is 0.416 e. The van der Waals surface area contributed by atoms with Crippen molar-refractivity contribution in [2.75, 3.05) is 5.32 Å². The second-order valence-electron chi connectivity index (χ2n) is 7.34. The lowest BCUT2D eigenvalue weighted by Gasteiger charge is -2.12. The fourth-order valence-electron chi connectivity index (χ4n) is 3.44. The van der Waals surface area contributed by atoms with Crippen LogP contribution in [0.5, 0.6) is 0 Å². The fourth-order valence-corrected chi connectivity index (χ4v) is 4.06. The molecule has 4 nitrogen and oxygen atoms in total. The van der Waals surface area contributed by atoms with E-state index in [1.165, 1.54) is 12.1 Å². The van der Waals surface area contributed by atoms with Gasteiger partial charge in [0.25, 0.3) is 5.91 Å². The zero-order chi connectivity index (χ0) is 24.6. The molecule has 34 heavy (non-hydrogen) atoms.